The van der Waals surface area contributed by atoms with Crippen molar-refractivity contribution in [3.05, 3.63) is 83.6 Å². The van der Waals surface area contributed by atoms with Gasteiger partial charge in [-0.1, -0.05) is 24.3 Å². The van der Waals surface area contributed by atoms with Gasteiger partial charge in [0.05, 0.1) is 29.9 Å². The molecule has 0 radical (unpaired) electrons. The van der Waals surface area contributed by atoms with E-state index in [4.69, 9.17) is 23.9 Å². The molecule has 0 bridgehead atoms. The highest BCUT2D eigenvalue weighted by Crippen LogP contribution is 2.37. The van der Waals surface area contributed by atoms with Gasteiger partial charge in [0.2, 0.25) is 0 Å². The normalized spacial score (nSPS) is 20.5. The van der Waals surface area contributed by atoms with Crippen molar-refractivity contribution in [1.82, 2.24) is 15.1 Å². The molecule has 2 fully saturated rings. The smallest absolute Gasteiger partial charge is 0.494 e. The van der Waals surface area contributed by atoms with Crippen molar-refractivity contribution in [2.45, 2.75) is 77.2 Å². The fourth-order valence-electron chi connectivity index (χ4n) is 6.02. The van der Waals surface area contributed by atoms with Gasteiger partial charge in [0, 0.05) is 23.7 Å². The van der Waals surface area contributed by atoms with Crippen LogP contribution in [-0.4, -0.2) is 47.7 Å². The Morgan fingerprint density at radius 1 is 0.978 bits per heavy atom. The summed E-state index contributed by atoms with van der Waals surface area (Å²) in [5.41, 5.74) is 1.68. The van der Waals surface area contributed by atoms with Crippen molar-refractivity contribution < 1.29 is 32.4 Å². The zero-order valence-corrected chi connectivity index (χ0v) is 26.9. The first-order chi connectivity index (χ1) is 21.9. The second-order valence-corrected chi connectivity index (χ2v) is 13.3. The van der Waals surface area contributed by atoms with E-state index in [1.807, 2.05) is 39.8 Å². The first-order valence-corrected chi connectivity index (χ1v) is 15.8. The van der Waals surface area contributed by atoms with Gasteiger partial charge in [-0.15, -0.1) is 0 Å². The van der Waals surface area contributed by atoms with E-state index >= 15 is 0 Å². The van der Waals surface area contributed by atoms with Gasteiger partial charge in [0.1, 0.15) is 12.4 Å². The van der Waals surface area contributed by atoms with Gasteiger partial charge in [0.15, 0.2) is 17.4 Å². The maximum atomic E-state index is 14.7. The first-order valence-electron chi connectivity index (χ1n) is 15.8. The number of hydrogen-bond acceptors (Lipinski definition) is 6. The van der Waals surface area contributed by atoms with E-state index in [-0.39, 0.29) is 24.1 Å². The summed E-state index contributed by atoms with van der Waals surface area (Å²) in [4.78, 5) is 12.8. The molecule has 3 aromatic carbocycles. The summed E-state index contributed by atoms with van der Waals surface area (Å²) in [6.07, 6.45) is 5.73. The van der Waals surface area contributed by atoms with Crippen LogP contribution in [0.4, 0.5) is 8.78 Å². The molecule has 11 heteroatoms. The molecular formula is C35H40BF2N3O5. The molecule has 0 unspecified atom stereocenters. The van der Waals surface area contributed by atoms with E-state index in [1.54, 1.807) is 31.4 Å². The largest absolute Gasteiger partial charge is 0.497 e. The highest BCUT2D eigenvalue weighted by Gasteiger charge is 2.51. The molecule has 4 aromatic rings. The second-order valence-electron chi connectivity index (χ2n) is 13.3. The Labute approximate surface area is 268 Å². The first kappa shape index (κ1) is 32.0. The van der Waals surface area contributed by atoms with Crippen LogP contribution >= 0.6 is 0 Å². The van der Waals surface area contributed by atoms with Crippen LogP contribution in [0.3, 0.4) is 0 Å². The number of halogens is 2. The van der Waals surface area contributed by atoms with Crippen molar-refractivity contribution >= 4 is 29.4 Å². The highest BCUT2D eigenvalue weighted by molar-refractivity contribution is 6.62. The molecular weight excluding hydrogens is 591 g/mol. The van der Waals surface area contributed by atoms with Crippen LogP contribution in [0.5, 0.6) is 11.5 Å². The summed E-state index contributed by atoms with van der Waals surface area (Å²) in [7, 11) is 1.12. The molecule has 1 aliphatic carbocycles. The predicted molar refractivity (Wildman–Crippen MR) is 172 cm³/mol. The van der Waals surface area contributed by atoms with Gasteiger partial charge >= 0.3 is 7.12 Å². The molecule has 8 nitrogen and oxygen atoms in total. The lowest BCUT2D eigenvalue weighted by molar-refractivity contribution is 0.00578. The lowest BCUT2D eigenvalue weighted by Gasteiger charge is -2.32. The fourth-order valence-corrected chi connectivity index (χ4v) is 6.02. The van der Waals surface area contributed by atoms with Crippen molar-refractivity contribution in [3.63, 3.8) is 0 Å². The Bertz CT molecular complexity index is 1680. The third kappa shape index (κ3) is 6.62. The number of nitrogens with one attached hydrogen (secondary N) is 1. The molecule has 1 aromatic heterocycles. The standard InChI is InChI=1S/C35H40BF2N3O5/c1-34(2)35(3,4)46-36(45-34)26-11-10-24-20-41(40-31(24)18-26)27-12-6-22(7-13-27)19-39-33(42)25-16-29(37)32(30(38)17-25)44-21-23-8-14-28(43-5)15-9-23/h8-11,14-18,20,22,27H,6-7,12-13,19,21H2,1-5H3,(H,39,42)/t22-,27-. The molecule has 6 rings (SSSR count). The van der Waals surface area contributed by atoms with E-state index in [0.717, 1.165) is 59.7 Å². The maximum absolute atomic E-state index is 14.7. The number of hydrogen-bond donors (Lipinski definition) is 1. The van der Waals surface area contributed by atoms with Gasteiger partial charge in [0.25, 0.3) is 5.91 Å². The minimum atomic E-state index is -0.922. The number of rotatable bonds is 9. The quantitative estimate of drug-likeness (QED) is 0.217. The topological polar surface area (TPSA) is 83.8 Å². The van der Waals surface area contributed by atoms with E-state index in [0.29, 0.717) is 12.3 Å². The average molecular weight is 632 g/mol. The Kier molecular flexibility index (Phi) is 8.82. The van der Waals surface area contributed by atoms with E-state index in [1.165, 1.54) is 0 Å². The third-order valence-corrected chi connectivity index (χ3v) is 9.62. The van der Waals surface area contributed by atoms with E-state index in [9.17, 15) is 13.6 Å². The van der Waals surface area contributed by atoms with E-state index in [2.05, 4.69) is 22.3 Å². The Morgan fingerprint density at radius 3 is 2.26 bits per heavy atom. The second kappa shape index (κ2) is 12.7. The number of fused-ring (bicyclic) bond motifs is 1. The average Bonchev–Trinajstić information content (AvgIpc) is 3.56. The molecule has 0 atom stereocenters. The zero-order chi connectivity index (χ0) is 32.6. The third-order valence-electron chi connectivity index (χ3n) is 9.62. The number of carbonyl (C=O) groups is 1. The molecule has 46 heavy (non-hydrogen) atoms. The summed E-state index contributed by atoms with van der Waals surface area (Å²) >= 11 is 0. The van der Waals surface area contributed by atoms with Crippen LogP contribution in [-0.2, 0) is 15.9 Å². The molecule has 1 aliphatic heterocycles. The molecule has 1 saturated carbocycles. The van der Waals surface area contributed by atoms with E-state index < -0.39 is 41.6 Å². The van der Waals surface area contributed by atoms with Crippen LogP contribution in [0.2, 0.25) is 0 Å². The van der Waals surface area contributed by atoms with Gasteiger partial charge in [-0.05, 0) is 101 Å². The molecule has 242 valence electrons. The monoisotopic (exact) mass is 631 g/mol. The van der Waals surface area contributed by atoms with Crippen molar-refractivity contribution in [2.24, 2.45) is 5.92 Å². The molecule has 2 heterocycles. The number of carbonyl (C=O) groups excluding carboxylic acids is 1. The van der Waals surface area contributed by atoms with Crippen LogP contribution in [0.15, 0.2) is 60.8 Å². The fraction of sp³-hybridized carbons (Fsp3) is 0.429. The van der Waals surface area contributed by atoms with Crippen LogP contribution in [0.1, 0.15) is 75.3 Å². The summed E-state index contributed by atoms with van der Waals surface area (Å²) in [6, 6.07) is 15.4. The number of amides is 1. The van der Waals surface area contributed by atoms with Crippen LogP contribution in [0, 0.1) is 17.6 Å². The van der Waals surface area contributed by atoms with Gasteiger partial charge in [-0.3, -0.25) is 9.48 Å². The predicted octanol–water partition coefficient (Wildman–Crippen LogP) is 6.36. The van der Waals surface area contributed by atoms with Crippen LogP contribution < -0.4 is 20.3 Å². The van der Waals surface area contributed by atoms with Crippen LogP contribution in [0.25, 0.3) is 10.9 Å². The summed E-state index contributed by atoms with van der Waals surface area (Å²) in [6.45, 7) is 8.58. The molecule has 1 N–H and O–H groups in total. The summed E-state index contributed by atoms with van der Waals surface area (Å²) in [5.74, 6) is -1.94. The van der Waals surface area contributed by atoms with Crippen molar-refractivity contribution in [1.29, 1.82) is 0 Å². The maximum Gasteiger partial charge on any atom is 0.494 e. The number of nitrogens with zero attached hydrogens (tertiary/aromatic N) is 2. The number of ether oxygens (including phenoxy) is 2. The number of methoxy groups -OCH3 is 1. The lowest BCUT2D eigenvalue weighted by Crippen LogP contribution is -2.41. The Hall–Kier alpha value is -3.96. The van der Waals surface area contributed by atoms with Crippen molar-refractivity contribution in [3.8, 4) is 11.5 Å². The molecule has 1 saturated heterocycles. The highest BCUT2D eigenvalue weighted by atomic mass is 19.1. The Morgan fingerprint density at radius 2 is 1.63 bits per heavy atom. The van der Waals surface area contributed by atoms with Crippen molar-refractivity contribution in [2.75, 3.05) is 13.7 Å². The summed E-state index contributed by atoms with van der Waals surface area (Å²) < 4.78 is 54.5. The minimum absolute atomic E-state index is 0.0248. The minimum Gasteiger partial charge on any atom is -0.497 e. The Balaban J connectivity index is 1.00. The number of benzene rings is 3. The molecule has 0 spiro atoms. The SMILES string of the molecule is COc1ccc(COc2c(F)cc(C(=O)NC[C@H]3CC[C@H](n4cc5ccc(B6OC(C)(C)C(C)(C)O6)cc5n4)CC3)cc2F)cc1. The zero-order valence-electron chi connectivity index (χ0n) is 26.9. The molecule has 2 aliphatic rings. The van der Waals surface area contributed by atoms with Gasteiger partial charge in [-0.2, -0.15) is 5.10 Å². The number of aromatic nitrogens is 2. The molecule has 1 amide bonds. The summed E-state index contributed by atoms with van der Waals surface area (Å²) in [5, 5.41) is 8.81. The lowest BCUT2D eigenvalue weighted by atomic mass is 9.79. The van der Waals surface area contributed by atoms with Gasteiger partial charge < -0.3 is 24.1 Å². The van der Waals surface area contributed by atoms with Gasteiger partial charge in [-0.25, -0.2) is 8.78 Å².